The number of hydrogen-bond acceptors (Lipinski definition) is 7. The zero-order chi connectivity index (χ0) is 35.3. The van der Waals surface area contributed by atoms with Crippen LogP contribution in [-0.2, 0) is 13.7 Å². The van der Waals surface area contributed by atoms with Crippen molar-refractivity contribution in [3.63, 3.8) is 0 Å². The molecule has 0 amide bonds. The fraction of sp³-hybridized carbons (Fsp3) is 0. The van der Waals surface area contributed by atoms with Gasteiger partial charge in [0.2, 0.25) is 0 Å². The summed E-state index contributed by atoms with van der Waals surface area (Å²) in [5.41, 5.74) is 3.00. The van der Waals surface area contributed by atoms with Crippen LogP contribution in [0.1, 0.15) is 0 Å². The Bertz CT molecular complexity index is 2600. The van der Waals surface area contributed by atoms with Gasteiger partial charge in [0.15, 0.2) is 0 Å². The number of benzene rings is 7. The average molecular weight is 739 g/mol. The first-order chi connectivity index (χ1) is 25.4. The lowest BCUT2D eigenvalue weighted by molar-refractivity contribution is 0.398. The van der Waals surface area contributed by atoms with Gasteiger partial charge in [0.1, 0.15) is 23.0 Å². The third-order valence-electron chi connectivity index (χ3n) is 9.11. The van der Waals surface area contributed by atoms with E-state index in [1.807, 2.05) is 66.7 Å². The van der Waals surface area contributed by atoms with Crippen molar-refractivity contribution in [3.8, 4) is 45.3 Å². The first-order valence-electron chi connectivity index (χ1n) is 16.6. The Morgan fingerprint density at radius 1 is 0.462 bits per heavy atom. The molecular weight excluding hydrogens is 709 g/mol. The topological polar surface area (TPSA) is 88.1 Å². The molecule has 10 heteroatoms. The summed E-state index contributed by atoms with van der Waals surface area (Å²) in [6, 6.07) is 51.8. The van der Waals surface area contributed by atoms with Crippen molar-refractivity contribution in [2.24, 2.45) is 0 Å². The van der Waals surface area contributed by atoms with Gasteiger partial charge in [0.05, 0.1) is 26.5 Å². The molecule has 9 rings (SSSR count). The highest BCUT2D eigenvalue weighted by molar-refractivity contribution is 7.75. The first kappa shape index (κ1) is 32.3. The maximum Gasteiger partial charge on any atom is 0.463 e. The predicted molar refractivity (Wildman–Crippen MR) is 207 cm³/mol. The summed E-state index contributed by atoms with van der Waals surface area (Å²) in [6.07, 6.45) is 0. The Labute approximate surface area is 300 Å². The monoisotopic (exact) mass is 738 g/mol. The Morgan fingerprint density at radius 3 is 1.56 bits per heavy atom. The molecule has 2 aliphatic heterocycles. The lowest BCUT2D eigenvalue weighted by Gasteiger charge is -2.32. The molecule has 254 valence electrons. The van der Waals surface area contributed by atoms with Crippen molar-refractivity contribution in [2.45, 2.75) is 0 Å². The lowest BCUT2D eigenvalue weighted by Crippen LogP contribution is -2.28. The molecule has 2 aliphatic rings. The van der Waals surface area contributed by atoms with Crippen LogP contribution in [0.2, 0.25) is 0 Å². The van der Waals surface area contributed by atoms with E-state index in [0.717, 1.165) is 16.7 Å². The minimum atomic E-state index is -4.14. The van der Waals surface area contributed by atoms with Crippen LogP contribution in [0.3, 0.4) is 0 Å². The maximum absolute atomic E-state index is 15.7. The van der Waals surface area contributed by atoms with Crippen molar-refractivity contribution in [1.82, 2.24) is 0 Å². The molecule has 0 spiro atoms. The second-order valence-corrected chi connectivity index (χ2v) is 18.7. The van der Waals surface area contributed by atoms with Crippen molar-refractivity contribution >= 4 is 48.9 Å². The van der Waals surface area contributed by atoms with E-state index in [0.29, 0.717) is 38.3 Å². The van der Waals surface area contributed by atoms with Crippen molar-refractivity contribution < 1.29 is 31.8 Å². The molecule has 2 unspecified atom stereocenters. The molecule has 0 fully saturated rings. The molecule has 7 nitrogen and oxygen atoms in total. The number of fused-ring (bicyclic) bond motifs is 6. The molecule has 2 atom stereocenters. The highest BCUT2D eigenvalue weighted by atomic mass is 31.2. The van der Waals surface area contributed by atoms with E-state index in [-0.39, 0.29) is 16.8 Å². The van der Waals surface area contributed by atoms with E-state index in [4.69, 9.17) is 18.1 Å². The lowest BCUT2D eigenvalue weighted by atomic mass is 10.0. The SMILES string of the molecule is O=P1(Oc2ccc(OP(=O)(c3ccccc3)c3ccccc3)cc2P2(=O)Oc3ccccc3-c3ccccc32)Oc2ccccc2-c2ccccc21. The van der Waals surface area contributed by atoms with Gasteiger partial charge in [0.25, 0.3) is 0 Å². The molecule has 0 saturated heterocycles. The van der Waals surface area contributed by atoms with Gasteiger partial charge in [-0.25, -0.2) is 4.57 Å². The van der Waals surface area contributed by atoms with Gasteiger partial charge >= 0.3 is 22.3 Å². The van der Waals surface area contributed by atoms with Gasteiger partial charge in [-0.15, -0.1) is 0 Å². The number of para-hydroxylation sites is 2. The van der Waals surface area contributed by atoms with Crippen LogP contribution in [0.25, 0.3) is 22.3 Å². The molecule has 0 bridgehead atoms. The minimum absolute atomic E-state index is 0.0108. The van der Waals surface area contributed by atoms with Crippen LogP contribution in [0.4, 0.5) is 0 Å². The molecule has 52 heavy (non-hydrogen) atoms. The standard InChI is InChI=1S/C42H29O7P3/c43-50(31-15-3-1-4-16-31,32-17-5-2-6-18-32)46-30-27-28-39(49-52(45)41-26-14-10-22-36(41)34-20-8-12-24-38(34)48-52)42(29-30)51(44)40-25-13-9-21-35(40)33-19-7-11-23-37(33)47-51/h1-29H. The van der Waals surface area contributed by atoms with E-state index < -0.39 is 22.3 Å². The molecule has 0 aliphatic carbocycles. The predicted octanol–water partition coefficient (Wildman–Crippen LogP) is 9.24. The van der Waals surface area contributed by atoms with Gasteiger partial charge in [-0.2, -0.15) is 0 Å². The van der Waals surface area contributed by atoms with Crippen LogP contribution in [0, 0.1) is 0 Å². The summed E-state index contributed by atoms with van der Waals surface area (Å²) in [7, 11) is -12.0. The van der Waals surface area contributed by atoms with Crippen LogP contribution in [0.5, 0.6) is 23.0 Å². The van der Waals surface area contributed by atoms with E-state index in [2.05, 4.69) is 0 Å². The second kappa shape index (κ2) is 12.6. The highest BCUT2D eigenvalue weighted by Gasteiger charge is 2.44. The summed E-state index contributed by atoms with van der Waals surface area (Å²) in [5, 5.41) is 1.84. The number of rotatable bonds is 7. The molecule has 7 aromatic rings. The summed E-state index contributed by atoms with van der Waals surface area (Å²) < 4.78 is 71.4. The first-order valence-corrected chi connectivity index (χ1v) is 21.4. The van der Waals surface area contributed by atoms with Crippen molar-refractivity contribution in [1.29, 1.82) is 0 Å². The van der Waals surface area contributed by atoms with Gasteiger partial charge in [0, 0.05) is 16.7 Å². The molecule has 0 radical (unpaired) electrons. The third kappa shape index (κ3) is 5.33. The van der Waals surface area contributed by atoms with Crippen LogP contribution < -0.4 is 44.6 Å². The van der Waals surface area contributed by atoms with Crippen LogP contribution in [0.15, 0.2) is 176 Å². The fourth-order valence-electron chi connectivity index (χ4n) is 6.69. The zero-order valence-corrected chi connectivity index (χ0v) is 30.1. The summed E-state index contributed by atoms with van der Waals surface area (Å²) in [5.74, 6) is 0.983. The van der Waals surface area contributed by atoms with E-state index in [1.54, 1.807) is 97.1 Å². The van der Waals surface area contributed by atoms with Gasteiger partial charge in [-0.3, -0.25) is 9.13 Å². The molecule has 2 heterocycles. The highest BCUT2D eigenvalue weighted by Crippen LogP contribution is 2.60. The smallest absolute Gasteiger partial charge is 0.437 e. The third-order valence-corrected chi connectivity index (χ3v) is 15.9. The van der Waals surface area contributed by atoms with Crippen molar-refractivity contribution in [3.05, 3.63) is 176 Å². The molecule has 0 N–H and O–H groups in total. The number of hydrogen-bond donors (Lipinski definition) is 0. The van der Waals surface area contributed by atoms with E-state index >= 15 is 13.7 Å². The molecule has 7 aromatic carbocycles. The Hall–Kier alpha value is -5.57. The normalized spacial score (nSPS) is 18.3. The molecule has 0 aromatic heterocycles. The Morgan fingerprint density at radius 2 is 0.942 bits per heavy atom. The van der Waals surface area contributed by atoms with Gasteiger partial charge < -0.3 is 18.1 Å². The quantitative estimate of drug-likeness (QED) is 0.151. The Balaban J connectivity index is 1.24. The minimum Gasteiger partial charge on any atom is -0.437 e. The second-order valence-electron chi connectivity index (χ2n) is 12.3. The fourth-order valence-corrected chi connectivity index (χ4v) is 13.0. The van der Waals surface area contributed by atoms with Gasteiger partial charge in [-0.1, -0.05) is 109 Å². The van der Waals surface area contributed by atoms with Crippen molar-refractivity contribution in [2.75, 3.05) is 0 Å². The molecular formula is C42H29O7P3. The zero-order valence-electron chi connectivity index (χ0n) is 27.4. The van der Waals surface area contributed by atoms with Crippen LogP contribution >= 0.6 is 22.3 Å². The van der Waals surface area contributed by atoms with E-state index in [9.17, 15) is 0 Å². The summed E-state index contributed by atoms with van der Waals surface area (Å²) in [6.45, 7) is 0. The van der Waals surface area contributed by atoms with E-state index in [1.165, 1.54) is 12.1 Å². The average Bonchev–Trinajstić information content (AvgIpc) is 3.19. The summed E-state index contributed by atoms with van der Waals surface area (Å²) in [4.78, 5) is 0. The summed E-state index contributed by atoms with van der Waals surface area (Å²) >= 11 is 0. The van der Waals surface area contributed by atoms with Gasteiger partial charge in [-0.05, 0) is 72.3 Å². The maximum atomic E-state index is 15.7. The molecule has 0 saturated carbocycles. The largest absolute Gasteiger partial charge is 0.463 e. The van der Waals surface area contributed by atoms with Crippen LogP contribution in [-0.4, -0.2) is 0 Å². The Kier molecular flexibility index (Phi) is 7.83.